The fourth-order valence-corrected chi connectivity index (χ4v) is 1.27. The fourth-order valence-electron chi connectivity index (χ4n) is 1.27. The molecule has 0 atom stereocenters. The Hall–Kier alpha value is -0.0400. The summed E-state index contributed by atoms with van der Waals surface area (Å²) in [5.41, 5.74) is 0. The Balaban J connectivity index is 2.23. The molecule has 0 spiro atoms. The molecule has 0 bridgehead atoms. The maximum atomic E-state index is 2.37. The lowest BCUT2D eigenvalue weighted by Crippen LogP contribution is -2.29. The van der Waals surface area contributed by atoms with Crippen molar-refractivity contribution in [2.75, 3.05) is 20.1 Å². The minimum atomic E-state index is 1.22. The van der Waals surface area contributed by atoms with Gasteiger partial charge >= 0.3 is 0 Å². The fraction of sp³-hybridized carbons (Fsp3) is 0.857. The number of likely N-dealkylation sites (tertiary alicyclic amines) is 1. The first-order valence-corrected chi connectivity index (χ1v) is 3.29. The Labute approximate surface area is 51.7 Å². The maximum Gasteiger partial charge on any atom is 0.00380 e. The zero-order chi connectivity index (χ0) is 5.98. The highest BCUT2D eigenvalue weighted by Gasteiger charge is 2.11. The summed E-state index contributed by atoms with van der Waals surface area (Å²) in [6.45, 7) is 4.76. The van der Waals surface area contributed by atoms with Crippen molar-refractivity contribution in [3.63, 3.8) is 0 Å². The van der Waals surface area contributed by atoms with E-state index in [1.807, 2.05) is 0 Å². The van der Waals surface area contributed by atoms with Gasteiger partial charge in [0.05, 0.1) is 0 Å². The topological polar surface area (TPSA) is 3.24 Å². The molecule has 0 aromatic carbocycles. The summed E-state index contributed by atoms with van der Waals surface area (Å²) >= 11 is 0. The molecule has 0 aliphatic carbocycles. The van der Waals surface area contributed by atoms with Crippen molar-refractivity contribution in [2.24, 2.45) is 0 Å². The Bertz CT molecular complexity index is 62.8. The van der Waals surface area contributed by atoms with E-state index in [1.165, 1.54) is 25.9 Å². The van der Waals surface area contributed by atoms with Crippen LogP contribution in [0, 0.1) is 5.92 Å². The van der Waals surface area contributed by atoms with Crippen LogP contribution in [-0.2, 0) is 0 Å². The number of hydrogen-bond acceptors (Lipinski definition) is 1. The van der Waals surface area contributed by atoms with E-state index in [0.717, 1.165) is 0 Å². The third kappa shape index (κ3) is 1.48. The summed E-state index contributed by atoms with van der Waals surface area (Å²) in [4.78, 5) is 2.37. The van der Waals surface area contributed by atoms with Crippen LogP contribution in [0.15, 0.2) is 0 Å². The van der Waals surface area contributed by atoms with Gasteiger partial charge in [-0.2, -0.15) is 0 Å². The first-order valence-electron chi connectivity index (χ1n) is 3.29. The van der Waals surface area contributed by atoms with E-state index in [0.29, 0.717) is 0 Å². The van der Waals surface area contributed by atoms with Crippen molar-refractivity contribution < 1.29 is 0 Å². The monoisotopic (exact) mass is 112 g/mol. The lowest BCUT2D eigenvalue weighted by atomic mass is 10.0. The summed E-state index contributed by atoms with van der Waals surface area (Å²) < 4.78 is 0. The predicted octanol–water partition coefficient (Wildman–Crippen LogP) is 1.31. The first kappa shape index (κ1) is 6.09. The van der Waals surface area contributed by atoms with Gasteiger partial charge in [-0.3, -0.25) is 0 Å². The van der Waals surface area contributed by atoms with E-state index < -0.39 is 0 Å². The van der Waals surface area contributed by atoms with Crippen molar-refractivity contribution in [2.45, 2.75) is 19.8 Å². The van der Waals surface area contributed by atoms with Crippen LogP contribution in [0.3, 0.4) is 0 Å². The van der Waals surface area contributed by atoms with Crippen molar-refractivity contribution in [3.8, 4) is 0 Å². The third-order valence-corrected chi connectivity index (χ3v) is 1.68. The molecule has 1 rings (SSSR count). The van der Waals surface area contributed by atoms with Crippen LogP contribution in [0.1, 0.15) is 19.8 Å². The summed E-state index contributed by atoms with van der Waals surface area (Å²) in [6.07, 6.45) is 2.71. The van der Waals surface area contributed by atoms with E-state index in [1.54, 1.807) is 5.92 Å². The van der Waals surface area contributed by atoms with Gasteiger partial charge in [0.15, 0.2) is 0 Å². The lowest BCUT2D eigenvalue weighted by Gasteiger charge is -2.26. The Morgan fingerprint density at radius 3 is 2.62 bits per heavy atom. The van der Waals surface area contributed by atoms with Crippen LogP contribution >= 0.6 is 0 Å². The highest BCUT2D eigenvalue weighted by atomic mass is 15.1. The number of piperidine rings is 1. The molecule has 0 amide bonds. The molecule has 47 valence electrons. The van der Waals surface area contributed by atoms with Crippen LogP contribution in [0.4, 0.5) is 0 Å². The van der Waals surface area contributed by atoms with Gasteiger partial charge in [0, 0.05) is 6.54 Å². The highest BCUT2D eigenvalue weighted by Crippen LogP contribution is 2.14. The van der Waals surface area contributed by atoms with Crippen LogP contribution in [0.25, 0.3) is 0 Å². The lowest BCUT2D eigenvalue weighted by molar-refractivity contribution is 0.297. The predicted molar refractivity (Wildman–Crippen MR) is 35.6 cm³/mol. The quantitative estimate of drug-likeness (QED) is 0.456. The molecular weight excluding hydrogens is 98.1 g/mol. The molecule has 0 N–H and O–H groups in total. The molecule has 1 saturated heterocycles. The largest absolute Gasteiger partial charge is 0.306 e. The number of rotatable bonds is 0. The Kier molecular flexibility index (Phi) is 1.90. The molecule has 0 aromatic heterocycles. The van der Waals surface area contributed by atoms with Crippen LogP contribution < -0.4 is 0 Å². The van der Waals surface area contributed by atoms with Crippen molar-refractivity contribution >= 4 is 0 Å². The molecule has 1 nitrogen and oxygen atoms in total. The molecule has 1 aliphatic heterocycles. The van der Waals surface area contributed by atoms with E-state index >= 15 is 0 Å². The highest BCUT2D eigenvalue weighted by molar-refractivity contribution is 4.90. The molecular formula is C7H14N. The molecule has 8 heavy (non-hydrogen) atoms. The summed E-state index contributed by atoms with van der Waals surface area (Å²) in [6, 6.07) is 0. The third-order valence-electron chi connectivity index (χ3n) is 1.68. The van der Waals surface area contributed by atoms with E-state index in [-0.39, 0.29) is 0 Å². The SMILES string of the molecule is C[C]1CCCN(C)C1. The Morgan fingerprint density at radius 2 is 2.25 bits per heavy atom. The van der Waals surface area contributed by atoms with Gasteiger partial charge in [-0.05, 0) is 32.4 Å². The van der Waals surface area contributed by atoms with Gasteiger partial charge in [-0.1, -0.05) is 6.92 Å². The molecule has 0 unspecified atom stereocenters. The van der Waals surface area contributed by atoms with Gasteiger partial charge in [-0.15, -0.1) is 0 Å². The van der Waals surface area contributed by atoms with Crippen LogP contribution in [0.5, 0.6) is 0 Å². The van der Waals surface area contributed by atoms with Crippen LogP contribution in [-0.4, -0.2) is 25.0 Å². The summed E-state index contributed by atoms with van der Waals surface area (Å²) in [5.74, 6) is 1.64. The Morgan fingerprint density at radius 1 is 1.50 bits per heavy atom. The molecule has 0 saturated carbocycles. The van der Waals surface area contributed by atoms with Crippen molar-refractivity contribution in [1.29, 1.82) is 0 Å². The maximum absolute atomic E-state index is 2.37. The van der Waals surface area contributed by atoms with Gasteiger partial charge < -0.3 is 4.90 Å². The minimum absolute atomic E-state index is 1.22. The minimum Gasteiger partial charge on any atom is -0.306 e. The zero-order valence-electron chi connectivity index (χ0n) is 5.78. The van der Waals surface area contributed by atoms with Crippen molar-refractivity contribution in [1.82, 2.24) is 4.90 Å². The van der Waals surface area contributed by atoms with Gasteiger partial charge in [0.1, 0.15) is 0 Å². The van der Waals surface area contributed by atoms with E-state index in [9.17, 15) is 0 Å². The molecule has 1 radical (unpaired) electrons. The normalized spacial score (nSPS) is 26.2. The molecule has 1 heteroatoms. The first-order chi connectivity index (χ1) is 3.79. The molecule has 0 aromatic rings. The standard InChI is InChI=1S/C7H14N/c1-7-4-3-5-8(2)6-7/h3-6H2,1-2H3. The van der Waals surface area contributed by atoms with E-state index in [4.69, 9.17) is 0 Å². The second-order valence-corrected chi connectivity index (χ2v) is 2.80. The van der Waals surface area contributed by atoms with Gasteiger partial charge in [0.25, 0.3) is 0 Å². The zero-order valence-corrected chi connectivity index (χ0v) is 5.78. The smallest absolute Gasteiger partial charge is 0.00380 e. The second-order valence-electron chi connectivity index (χ2n) is 2.80. The summed E-state index contributed by atoms with van der Waals surface area (Å²) in [5, 5.41) is 0. The average molecular weight is 112 g/mol. The molecule has 1 heterocycles. The van der Waals surface area contributed by atoms with Gasteiger partial charge in [0.2, 0.25) is 0 Å². The number of nitrogens with zero attached hydrogens (tertiary/aromatic N) is 1. The van der Waals surface area contributed by atoms with Crippen molar-refractivity contribution in [3.05, 3.63) is 5.92 Å². The average Bonchev–Trinajstić information content (AvgIpc) is 1.64. The summed E-state index contributed by atoms with van der Waals surface area (Å²) in [7, 11) is 2.18. The van der Waals surface area contributed by atoms with E-state index in [2.05, 4.69) is 18.9 Å². The second kappa shape index (κ2) is 2.49. The molecule has 1 aliphatic rings. The van der Waals surface area contributed by atoms with Crippen LogP contribution in [0.2, 0.25) is 0 Å². The van der Waals surface area contributed by atoms with Gasteiger partial charge in [-0.25, -0.2) is 0 Å². The molecule has 1 fully saturated rings. The number of hydrogen-bond donors (Lipinski definition) is 0.